The maximum absolute atomic E-state index is 10.4. The van der Waals surface area contributed by atoms with E-state index in [1.54, 1.807) is 0 Å². The Hall–Kier alpha value is -1.90. The minimum Gasteiger partial charge on any atom is -0.370 e. The first-order valence-electron chi connectivity index (χ1n) is 24.9. The van der Waals surface area contributed by atoms with Gasteiger partial charge in [0.2, 0.25) is 0 Å². The number of allylic oxidation sites excluding steroid dienone is 3. The van der Waals surface area contributed by atoms with Crippen molar-refractivity contribution in [3.8, 4) is 6.07 Å². The molecule has 9 aliphatic carbocycles. The molecule has 11 rings (SSSR count). The zero-order valence-electron chi connectivity index (χ0n) is 34.7. The summed E-state index contributed by atoms with van der Waals surface area (Å²) in [5.74, 6) is 10.7. The number of nitrogens with one attached hydrogen (secondary N) is 2. The molecule has 1 saturated heterocycles. The van der Waals surface area contributed by atoms with Crippen molar-refractivity contribution in [3.05, 3.63) is 35.5 Å². The topological polar surface area (TPSA) is 69.4 Å². The van der Waals surface area contributed by atoms with E-state index in [2.05, 4.69) is 41.0 Å². The Labute approximate surface area is 339 Å². The smallest absolute Gasteiger partial charge is 0.126 e. The lowest BCUT2D eigenvalue weighted by molar-refractivity contribution is -0.209. The molecule has 0 aromatic carbocycles. The fourth-order valence-corrected chi connectivity index (χ4v) is 17.3. The molecule has 5 heteroatoms. The van der Waals surface area contributed by atoms with Gasteiger partial charge in [-0.05, 0) is 192 Å². The molecule has 0 bridgehead atoms. The molecule has 0 aromatic heterocycles. The van der Waals surface area contributed by atoms with Gasteiger partial charge in [0.25, 0.3) is 0 Å². The fourth-order valence-electron chi connectivity index (χ4n) is 17.3. The highest BCUT2D eigenvalue weighted by atomic mass is 16.5. The Balaban J connectivity index is 0.859. The second-order valence-electron chi connectivity index (χ2n) is 21.7. The summed E-state index contributed by atoms with van der Waals surface area (Å²) in [4.78, 5) is 5.44. The lowest BCUT2D eigenvalue weighted by atomic mass is 9.46. The molecule has 0 aromatic rings. The van der Waals surface area contributed by atoms with Gasteiger partial charge in [0.15, 0.2) is 0 Å². The van der Waals surface area contributed by atoms with Crippen LogP contribution in [0.2, 0.25) is 0 Å². The fraction of sp³-hybridized carbons (Fsp3) is 0.843. The second-order valence-corrected chi connectivity index (χ2v) is 21.7. The van der Waals surface area contributed by atoms with Gasteiger partial charge < -0.3 is 10.1 Å². The molecule has 2 aliphatic heterocycles. The van der Waals surface area contributed by atoms with Crippen molar-refractivity contribution in [2.24, 2.45) is 81.4 Å². The summed E-state index contributed by atoms with van der Waals surface area (Å²) in [6.45, 7) is 0. The third kappa shape index (κ3) is 6.29. The molecule has 0 radical (unpaired) electrons. The first-order valence-corrected chi connectivity index (χ1v) is 24.9. The summed E-state index contributed by atoms with van der Waals surface area (Å²) in [5, 5.41) is 18.6. The molecular weight excluding hydrogens is 685 g/mol. The molecule has 11 aliphatic rings. The van der Waals surface area contributed by atoms with Gasteiger partial charge in [0, 0.05) is 11.5 Å². The number of hydrogen-bond acceptors (Lipinski definition) is 5. The van der Waals surface area contributed by atoms with Crippen LogP contribution < -0.4 is 10.6 Å². The summed E-state index contributed by atoms with van der Waals surface area (Å²) in [7, 11) is 0. The average molecular weight is 759 g/mol. The highest BCUT2D eigenvalue weighted by molar-refractivity contribution is 5.99. The predicted molar refractivity (Wildman–Crippen MR) is 225 cm³/mol. The van der Waals surface area contributed by atoms with E-state index in [-0.39, 0.29) is 6.10 Å². The first kappa shape index (κ1) is 37.1. The van der Waals surface area contributed by atoms with Gasteiger partial charge in [0.05, 0.1) is 24.4 Å². The van der Waals surface area contributed by atoms with E-state index in [1.165, 1.54) is 166 Å². The maximum atomic E-state index is 10.4. The summed E-state index contributed by atoms with van der Waals surface area (Å²) in [5.41, 5.74) is 2.91. The van der Waals surface area contributed by atoms with Crippen molar-refractivity contribution < 1.29 is 4.74 Å². The molecule has 14 unspecified atom stereocenters. The monoisotopic (exact) mass is 759 g/mol. The third-order valence-corrected chi connectivity index (χ3v) is 19.5. The predicted octanol–water partition coefficient (Wildman–Crippen LogP) is 11.6. The average Bonchev–Trinajstić information content (AvgIpc) is 3.58. The minimum absolute atomic E-state index is 0.283. The molecule has 6 saturated carbocycles. The van der Waals surface area contributed by atoms with E-state index in [0.29, 0.717) is 53.4 Å². The minimum atomic E-state index is 0.283. The summed E-state index contributed by atoms with van der Waals surface area (Å²) in [6.07, 6.45) is 47.0. The molecule has 304 valence electrons. The van der Waals surface area contributed by atoms with Crippen LogP contribution in [0.1, 0.15) is 167 Å². The SMILES string of the molecule is N#CC1=CC2C(CC1)OC1C=CC(C3CCC(C4NC(C5=CCCCC5)=NC(C5CCCCC5)N4)CC3)CC1C21C2CCCCC2C2C3CCCCC3CCC21. The lowest BCUT2D eigenvalue weighted by Crippen LogP contribution is -2.61. The first-order chi connectivity index (χ1) is 27.7. The summed E-state index contributed by atoms with van der Waals surface area (Å²) < 4.78 is 7.32. The summed E-state index contributed by atoms with van der Waals surface area (Å²) >= 11 is 0. The zero-order chi connectivity index (χ0) is 37.2. The molecule has 0 amide bonds. The number of ether oxygens (including phenoxy) is 1. The van der Waals surface area contributed by atoms with Crippen molar-refractivity contribution in [3.63, 3.8) is 0 Å². The van der Waals surface area contributed by atoms with Gasteiger partial charge in [0.1, 0.15) is 12.0 Å². The van der Waals surface area contributed by atoms with Gasteiger partial charge in [-0.2, -0.15) is 5.26 Å². The number of rotatable bonds is 4. The van der Waals surface area contributed by atoms with Gasteiger partial charge >= 0.3 is 0 Å². The number of amidine groups is 1. The molecule has 1 spiro atoms. The van der Waals surface area contributed by atoms with Crippen molar-refractivity contribution in [1.82, 2.24) is 10.6 Å². The molecule has 14 atom stereocenters. The number of aliphatic imine (C=N–C) groups is 1. The normalized spacial score (nSPS) is 49.1. The van der Waals surface area contributed by atoms with E-state index in [9.17, 15) is 5.26 Å². The third-order valence-electron chi connectivity index (χ3n) is 19.5. The Morgan fingerprint density at radius 2 is 1.45 bits per heavy atom. The van der Waals surface area contributed by atoms with Crippen LogP contribution in [-0.4, -0.2) is 30.4 Å². The van der Waals surface area contributed by atoms with Crippen LogP contribution >= 0.6 is 0 Å². The molecule has 7 fully saturated rings. The van der Waals surface area contributed by atoms with Crippen LogP contribution in [0.5, 0.6) is 0 Å². The Morgan fingerprint density at radius 3 is 2.29 bits per heavy atom. The lowest BCUT2D eigenvalue weighted by Gasteiger charge is -2.62. The standard InChI is InChI=1S/C51H74N4O/c52-31-32-19-27-45-43(29-32)51(41-18-10-9-17-40(41)47-39-16-8-7-11-34(39)24-26-42(47)51)44-30-38(25-28-46(44)56-45)33-20-22-37(23-21-33)50-54-48(35-12-3-1-4-13-35)53-49(55-50)36-14-5-2-6-15-36/h12,25,28-29,33-34,36-47,49-50,55H,1-11,13-24,26-27,30H2,(H,53,54). The zero-order valence-corrected chi connectivity index (χ0v) is 34.7. The summed E-state index contributed by atoms with van der Waals surface area (Å²) in [6, 6.07) is 2.71. The van der Waals surface area contributed by atoms with Gasteiger partial charge in [-0.25, -0.2) is 4.99 Å². The second kappa shape index (κ2) is 15.6. The van der Waals surface area contributed by atoms with Gasteiger partial charge in [-0.1, -0.05) is 75.7 Å². The van der Waals surface area contributed by atoms with E-state index in [4.69, 9.17) is 9.73 Å². The highest BCUT2D eigenvalue weighted by Crippen LogP contribution is 2.75. The van der Waals surface area contributed by atoms with Crippen molar-refractivity contribution in [2.75, 3.05) is 0 Å². The number of hydrogen-bond donors (Lipinski definition) is 2. The Kier molecular flexibility index (Phi) is 10.3. The van der Waals surface area contributed by atoms with Crippen LogP contribution in [0.4, 0.5) is 0 Å². The largest absolute Gasteiger partial charge is 0.370 e. The van der Waals surface area contributed by atoms with E-state index in [0.717, 1.165) is 59.8 Å². The number of fused-ring (bicyclic) bond motifs is 11. The van der Waals surface area contributed by atoms with Crippen molar-refractivity contribution in [2.45, 2.75) is 191 Å². The Bertz CT molecular complexity index is 1610. The van der Waals surface area contributed by atoms with Crippen molar-refractivity contribution >= 4 is 5.84 Å². The highest BCUT2D eigenvalue weighted by Gasteiger charge is 2.71. The van der Waals surface area contributed by atoms with Crippen LogP contribution in [0.25, 0.3) is 0 Å². The van der Waals surface area contributed by atoms with Crippen molar-refractivity contribution in [1.29, 1.82) is 5.26 Å². The van der Waals surface area contributed by atoms with Crippen LogP contribution in [0.15, 0.2) is 40.4 Å². The molecule has 2 heterocycles. The molecular formula is C51H74N4O. The van der Waals surface area contributed by atoms with E-state index >= 15 is 0 Å². The molecule has 56 heavy (non-hydrogen) atoms. The maximum Gasteiger partial charge on any atom is 0.126 e. The number of nitrogens with zero attached hydrogens (tertiary/aromatic N) is 2. The van der Waals surface area contributed by atoms with E-state index in [1.807, 2.05) is 0 Å². The van der Waals surface area contributed by atoms with Crippen LogP contribution in [0.3, 0.4) is 0 Å². The van der Waals surface area contributed by atoms with Crippen LogP contribution in [-0.2, 0) is 4.74 Å². The molecule has 2 N–H and O–H groups in total. The van der Waals surface area contributed by atoms with Crippen LogP contribution in [0, 0.1) is 87.8 Å². The van der Waals surface area contributed by atoms with Gasteiger partial charge in [-0.3, -0.25) is 5.32 Å². The quantitative estimate of drug-likeness (QED) is 0.280. The molecule has 5 nitrogen and oxygen atoms in total. The van der Waals surface area contributed by atoms with E-state index < -0.39 is 0 Å². The Morgan fingerprint density at radius 1 is 0.679 bits per heavy atom. The number of nitriles is 1. The van der Waals surface area contributed by atoms with Gasteiger partial charge in [-0.15, -0.1) is 0 Å².